The van der Waals surface area contributed by atoms with Crippen LogP contribution in [0.25, 0.3) is 0 Å². The smallest absolute Gasteiger partial charge is 0.372 e. The maximum absolute atomic E-state index is 11.7. The van der Waals surface area contributed by atoms with E-state index in [0.29, 0.717) is 3.35 Å². The predicted molar refractivity (Wildman–Crippen MR) is 153 cm³/mol. The third-order valence-electron chi connectivity index (χ3n) is 4.68. The number of hydrogen-bond acceptors (Lipinski definition) is 13. The summed E-state index contributed by atoms with van der Waals surface area (Å²) in [4.78, 5) is 88.2. The Labute approximate surface area is 261 Å². The number of amides is 4. The summed E-state index contributed by atoms with van der Waals surface area (Å²) in [6.45, 7) is -1.15. The van der Waals surface area contributed by atoms with E-state index in [-0.39, 0.29) is 37.2 Å². The number of nitrogens with two attached hydrogens (primary N) is 1. The van der Waals surface area contributed by atoms with Gasteiger partial charge in [0, 0.05) is 30.8 Å². The van der Waals surface area contributed by atoms with Crippen LogP contribution in [0.5, 0.6) is 0 Å². The molecule has 0 spiro atoms. The molecule has 0 saturated carbocycles. The van der Waals surface area contributed by atoms with Gasteiger partial charge in [-0.3, -0.25) is 33.6 Å². The van der Waals surface area contributed by atoms with E-state index in [1.54, 1.807) is 0 Å². The van der Waals surface area contributed by atoms with Crippen LogP contribution in [0.15, 0.2) is 0 Å². The minimum absolute atomic E-state index is 0.0256. The lowest BCUT2D eigenvalue weighted by Crippen LogP contribution is -2.49. The average Bonchev–Trinajstić information content (AvgIpc) is 2.90. The first-order valence-electron chi connectivity index (χ1n) is 11.6. The molecule has 22 heteroatoms. The first-order valence-corrected chi connectivity index (χ1v) is 13.6. The molecule has 0 aromatic heterocycles. The fourth-order valence-electron chi connectivity index (χ4n) is 2.49. The number of rotatable bonds is 19. The number of carboxylic acid groups (broad SMARTS) is 4. The van der Waals surface area contributed by atoms with E-state index in [9.17, 15) is 38.4 Å². The van der Waals surface area contributed by atoms with Gasteiger partial charge in [0.15, 0.2) is 0 Å². The van der Waals surface area contributed by atoms with Crippen molar-refractivity contribution in [3.8, 4) is 0 Å². The van der Waals surface area contributed by atoms with Crippen LogP contribution >= 0.6 is 25.3 Å². The van der Waals surface area contributed by atoms with Gasteiger partial charge >= 0.3 is 23.9 Å². The van der Waals surface area contributed by atoms with Crippen molar-refractivity contribution in [2.24, 2.45) is 5.73 Å². The topological polar surface area (TPSA) is 295 Å². The predicted octanol–water partition coefficient (Wildman–Crippen LogP) is -4.17. The summed E-state index contributed by atoms with van der Waals surface area (Å²) in [5.74, 6) is -7.52. The van der Waals surface area contributed by atoms with Gasteiger partial charge in [0.25, 0.3) is 0 Å². The van der Waals surface area contributed by atoms with E-state index in [1.807, 2.05) is 0 Å². The van der Waals surface area contributed by atoms with E-state index in [4.69, 9.17) is 26.2 Å². The second-order valence-electron chi connectivity index (χ2n) is 7.99. The van der Waals surface area contributed by atoms with Gasteiger partial charge in [0.2, 0.25) is 29.7 Å². The molecule has 0 fully saturated rings. The highest BCUT2D eigenvalue weighted by Gasteiger charge is 2.26. The molecule has 10 N–H and O–H groups in total. The van der Waals surface area contributed by atoms with Crippen molar-refractivity contribution in [3.05, 3.63) is 0 Å². The molecule has 0 radical (unpaired) electrons. The van der Waals surface area contributed by atoms with Gasteiger partial charge in [0.1, 0.15) is 31.2 Å². The number of carbonyl (C=O) groups is 8. The molecule has 0 unspecified atom stereocenters. The van der Waals surface area contributed by atoms with Crippen molar-refractivity contribution in [2.75, 3.05) is 24.6 Å². The highest BCUT2D eigenvalue weighted by molar-refractivity contribution is 7.80. The van der Waals surface area contributed by atoms with Crippen LogP contribution < -0.4 is 27.0 Å². The second kappa shape index (κ2) is 22.3. The van der Waals surface area contributed by atoms with Crippen molar-refractivity contribution < 1.29 is 62.1 Å². The minimum Gasteiger partial charge on any atom is -0.480 e. The molecule has 0 aromatic carbocycles. The number of thiol groups is 2. The van der Waals surface area contributed by atoms with Crippen molar-refractivity contribution >= 4 is 98.0 Å². The van der Waals surface area contributed by atoms with Crippen molar-refractivity contribution in [1.82, 2.24) is 21.3 Å². The normalized spacial score (nSPS) is 12.9. The number of aliphatic carboxylic acids is 4. The molecule has 0 aliphatic rings. The van der Waals surface area contributed by atoms with Gasteiger partial charge in [0.05, 0.1) is 0 Å². The third-order valence-corrected chi connectivity index (χ3v) is 5.92. The molecule has 0 heterocycles. The first kappa shape index (κ1) is 40.8. The molecule has 0 rings (SSSR count). The Bertz CT molecular complexity index is 1000. The maximum Gasteiger partial charge on any atom is 0.372 e. The van der Waals surface area contributed by atoms with E-state index >= 15 is 0 Å². The van der Waals surface area contributed by atoms with Gasteiger partial charge < -0.3 is 47.4 Å². The SMILES string of the molecule is N[C@@H](CCC(=O)N[C@@H](CS)C(=O)NCC(=O)O)C(=O)O.O=C(O)CNC(=O)[C@H](CS)NC(=O)CC[C@@H](C(=O)O)[N+](=S)[S-]. The lowest BCUT2D eigenvalue weighted by atomic mass is 10.1. The highest BCUT2D eigenvalue weighted by atomic mass is 32.2. The van der Waals surface area contributed by atoms with Crippen LogP contribution in [0.4, 0.5) is 0 Å². The fraction of sp³-hybridized carbons (Fsp3) is 0.600. The molecule has 0 aliphatic heterocycles. The van der Waals surface area contributed by atoms with Crippen LogP contribution in [0.2, 0.25) is 0 Å². The Kier molecular flexibility index (Phi) is 21.6. The Hall–Kier alpha value is -3.34. The van der Waals surface area contributed by atoms with Crippen LogP contribution in [0, 0.1) is 0 Å². The number of nitrogens with zero attached hydrogens (tertiary/aromatic N) is 1. The zero-order valence-electron chi connectivity index (χ0n) is 21.8. The summed E-state index contributed by atoms with van der Waals surface area (Å²) in [5.41, 5.74) is 5.23. The summed E-state index contributed by atoms with van der Waals surface area (Å²) in [6.07, 6.45) is -0.567. The van der Waals surface area contributed by atoms with Crippen molar-refractivity contribution in [1.29, 1.82) is 0 Å². The van der Waals surface area contributed by atoms with Crippen molar-refractivity contribution in [2.45, 2.75) is 49.9 Å². The number of carbonyl (C=O) groups excluding carboxylic acids is 4. The summed E-state index contributed by atoms with van der Waals surface area (Å²) >= 11 is 16.8. The summed E-state index contributed by atoms with van der Waals surface area (Å²) in [5, 5.41) is 43.1. The Balaban J connectivity index is 0. The lowest BCUT2D eigenvalue weighted by molar-refractivity contribution is -0.357. The van der Waals surface area contributed by atoms with Gasteiger partial charge in [-0.1, -0.05) is 25.2 Å². The van der Waals surface area contributed by atoms with Crippen LogP contribution in [-0.4, -0.2) is 120 Å². The van der Waals surface area contributed by atoms with Crippen LogP contribution in [0.3, 0.4) is 0 Å². The average molecular weight is 677 g/mol. The summed E-state index contributed by atoms with van der Waals surface area (Å²) < 4.78 is 0.644. The van der Waals surface area contributed by atoms with Crippen LogP contribution in [0.1, 0.15) is 25.7 Å². The summed E-state index contributed by atoms with van der Waals surface area (Å²) in [6, 6.07) is -4.35. The molecule has 0 saturated heterocycles. The molecule has 4 atom stereocenters. The van der Waals surface area contributed by atoms with Crippen LogP contribution in [-0.2, 0) is 63.6 Å². The van der Waals surface area contributed by atoms with E-state index < -0.39 is 84.8 Å². The van der Waals surface area contributed by atoms with E-state index in [2.05, 4.69) is 71.8 Å². The number of carboxylic acids is 4. The van der Waals surface area contributed by atoms with E-state index in [1.165, 1.54) is 0 Å². The third kappa shape index (κ3) is 19.7. The molecule has 0 aliphatic carbocycles. The lowest BCUT2D eigenvalue weighted by Gasteiger charge is -2.16. The van der Waals surface area contributed by atoms with Gasteiger partial charge in [-0.05, 0) is 6.42 Å². The quantitative estimate of drug-likeness (QED) is 0.0351. The maximum atomic E-state index is 11.7. The Morgan fingerprint density at radius 1 is 0.738 bits per heavy atom. The fourth-order valence-corrected chi connectivity index (χ4v) is 3.40. The largest absolute Gasteiger partial charge is 0.480 e. The Morgan fingerprint density at radius 2 is 1.12 bits per heavy atom. The van der Waals surface area contributed by atoms with Gasteiger partial charge in [-0.25, -0.2) is 8.15 Å². The van der Waals surface area contributed by atoms with Gasteiger partial charge in [-0.15, -0.1) is 0 Å². The zero-order valence-corrected chi connectivity index (χ0v) is 25.2. The standard InChI is InChI=1S/C10H15N3O6S3.C10H17N3O6S/c14-7(2-1-6(10(18)19)13(21)22)12-5(4-20)9(17)11-3-8(15)16;11-5(10(18)19)1-2-7(14)13-6(4-20)9(17)12-3-8(15)16/h5-6,20H,1-4H2,(H,11,17)(H,12,14)(H,15,16)(H,18,19);5-6,20H,1-4,11H2,(H,12,17)(H,13,14)(H,15,16)(H,18,19)/t2*5-,6-/m00/s1. The molecular weight excluding hydrogens is 645 g/mol. The molecule has 18 nitrogen and oxygen atoms in total. The molecule has 4 amide bonds. The molecule has 238 valence electrons. The van der Waals surface area contributed by atoms with E-state index in [0.717, 1.165) is 0 Å². The minimum atomic E-state index is -1.25. The first-order chi connectivity index (χ1) is 19.5. The summed E-state index contributed by atoms with van der Waals surface area (Å²) in [7, 11) is 0. The molecule has 0 aromatic rings. The molecule has 0 bridgehead atoms. The molecular formula is C20H32N6O12S4. The second-order valence-corrected chi connectivity index (χ2v) is 9.74. The molecule has 42 heavy (non-hydrogen) atoms. The zero-order chi connectivity index (χ0) is 33.0. The van der Waals surface area contributed by atoms with Gasteiger partial charge in [-0.2, -0.15) is 25.3 Å². The number of hydrogen-bond donors (Lipinski definition) is 11. The Morgan fingerprint density at radius 3 is 1.40 bits per heavy atom. The van der Waals surface area contributed by atoms with Crippen molar-refractivity contribution in [3.63, 3.8) is 0 Å². The monoisotopic (exact) mass is 676 g/mol. The number of nitrogens with one attached hydrogen (secondary N) is 4. The highest BCUT2D eigenvalue weighted by Crippen LogP contribution is 2.03.